The molecule has 2 heteroatoms. The maximum Gasteiger partial charge on any atom is 0.159 e. The van der Waals surface area contributed by atoms with Gasteiger partial charge < -0.3 is 5.11 Å². The van der Waals surface area contributed by atoms with Gasteiger partial charge in [-0.05, 0) is 108 Å². The van der Waals surface area contributed by atoms with Gasteiger partial charge >= 0.3 is 0 Å². The Morgan fingerprint density at radius 1 is 0.844 bits per heavy atom. The SMILES string of the molecule is CC1(C)CC[C@]2(C)CC[C@]3(C)C(=CC(=O)[C@@H]4[C@@]5(C)CC[C@H](O)C(C)(C)[C@@H]5CC[C@]43C)[C@@H]2C1. The van der Waals surface area contributed by atoms with Gasteiger partial charge in [0.2, 0.25) is 0 Å². The van der Waals surface area contributed by atoms with Gasteiger partial charge in [-0.25, -0.2) is 0 Å². The zero-order valence-electron chi connectivity index (χ0n) is 22.1. The van der Waals surface area contributed by atoms with Gasteiger partial charge in [-0.3, -0.25) is 4.79 Å². The molecule has 0 saturated heterocycles. The highest BCUT2D eigenvalue weighted by Crippen LogP contribution is 2.75. The van der Waals surface area contributed by atoms with Crippen LogP contribution in [0, 0.1) is 50.2 Å². The molecule has 1 N–H and O–H groups in total. The predicted molar refractivity (Wildman–Crippen MR) is 131 cm³/mol. The maximum atomic E-state index is 14.2. The summed E-state index contributed by atoms with van der Waals surface area (Å²) in [6.07, 6.45) is 12.4. The van der Waals surface area contributed by atoms with Crippen LogP contribution >= 0.6 is 0 Å². The van der Waals surface area contributed by atoms with Crippen molar-refractivity contribution in [2.24, 2.45) is 50.2 Å². The van der Waals surface area contributed by atoms with Crippen LogP contribution in [0.3, 0.4) is 0 Å². The number of fused-ring (bicyclic) bond motifs is 7. The number of aliphatic hydroxyl groups is 1. The molecule has 0 bridgehead atoms. The first-order chi connectivity index (χ1) is 14.6. The molecular weight excluding hydrogens is 392 g/mol. The van der Waals surface area contributed by atoms with Crippen LogP contribution < -0.4 is 0 Å². The van der Waals surface area contributed by atoms with Gasteiger partial charge in [0.1, 0.15) is 0 Å². The summed E-state index contributed by atoms with van der Waals surface area (Å²) in [6.45, 7) is 19.4. The average molecular weight is 441 g/mol. The minimum Gasteiger partial charge on any atom is -0.393 e. The lowest BCUT2D eigenvalue weighted by Gasteiger charge is -2.70. The highest BCUT2D eigenvalue weighted by molar-refractivity contribution is 5.95. The minimum atomic E-state index is -0.245. The molecule has 4 saturated carbocycles. The van der Waals surface area contributed by atoms with Crippen molar-refractivity contribution < 1.29 is 9.90 Å². The van der Waals surface area contributed by atoms with Gasteiger partial charge in [0, 0.05) is 5.92 Å². The highest BCUT2D eigenvalue weighted by atomic mass is 16.3. The van der Waals surface area contributed by atoms with E-state index in [-0.39, 0.29) is 33.7 Å². The summed E-state index contributed by atoms with van der Waals surface area (Å²) < 4.78 is 0. The summed E-state index contributed by atoms with van der Waals surface area (Å²) in [5, 5.41) is 10.9. The lowest BCUT2D eigenvalue weighted by molar-refractivity contribution is -0.202. The molecule has 8 atom stereocenters. The molecule has 5 aliphatic carbocycles. The smallest absolute Gasteiger partial charge is 0.159 e. The Hall–Kier alpha value is -0.630. The Morgan fingerprint density at radius 3 is 2.19 bits per heavy atom. The van der Waals surface area contributed by atoms with Crippen molar-refractivity contribution in [3.8, 4) is 0 Å². The second-order valence-electron chi connectivity index (χ2n) is 15.2. The van der Waals surface area contributed by atoms with Gasteiger partial charge in [0.05, 0.1) is 6.10 Å². The lowest BCUT2D eigenvalue weighted by atomic mass is 9.33. The lowest BCUT2D eigenvalue weighted by Crippen LogP contribution is -2.66. The summed E-state index contributed by atoms with van der Waals surface area (Å²) in [5.41, 5.74) is 2.29. The second-order valence-corrected chi connectivity index (χ2v) is 15.2. The molecule has 0 amide bonds. The number of carbonyl (C=O) groups excluding carboxylic acids is 1. The molecule has 2 nitrogen and oxygen atoms in total. The van der Waals surface area contributed by atoms with Crippen LogP contribution in [0.25, 0.3) is 0 Å². The number of hydrogen-bond acceptors (Lipinski definition) is 2. The first-order valence-corrected chi connectivity index (χ1v) is 13.5. The van der Waals surface area contributed by atoms with Crippen LogP contribution in [0.2, 0.25) is 0 Å². The number of rotatable bonds is 0. The third-order valence-corrected chi connectivity index (χ3v) is 12.8. The topological polar surface area (TPSA) is 37.3 Å². The molecule has 0 heterocycles. The van der Waals surface area contributed by atoms with E-state index in [0.29, 0.717) is 28.4 Å². The molecule has 5 aliphatic rings. The normalized spacial score (nSPS) is 53.9. The summed E-state index contributed by atoms with van der Waals surface area (Å²) in [7, 11) is 0. The molecule has 180 valence electrons. The fraction of sp³-hybridized carbons (Fsp3) is 0.900. The van der Waals surface area contributed by atoms with Crippen molar-refractivity contribution in [2.45, 2.75) is 119 Å². The summed E-state index contributed by atoms with van der Waals surface area (Å²) in [5.74, 6) is 1.49. The Morgan fingerprint density at radius 2 is 1.50 bits per heavy atom. The van der Waals surface area contributed by atoms with Crippen molar-refractivity contribution in [3.05, 3.63) is 11.6 Å². The molecule has 0 radical (unpaired) electrons. The van der Waals surface area contributed by atoms with Crippen LogP contribution in [-0.2, 0) is 4.79 Å². The predicted octanol–water partition coefficient (Wildman–Crippen LogP) is 7.35. The largest absolute Gasteiger partial charge is 0.393 e. The number of aliphatic hydroxyl groups excluding tert-OH is 1. The quantitative estimate of drug-likeness (QED) is 0.427. The fourth-order valence-corrected chi connectivity index (χ4v) is 10.3. The first kappa shape index (κ1) is 23.1. The van der Waals surface area contributed by atoms with E-state index in [2.05, 4.69) is 61.5 Å². The average Bonchev–Trinajstić information content (AvgIpc) is 2.68. The van der Waals surface area contributed by atoms with Crippen LogP contribution in [-0.4, -0.2) is 17.0 Å². The van der Waals surface area contributed by atoms with Gasteiger partial charge in [-0.2, -0.15) is 0 Å². The highest BCUT2D eigenvalue weighted by Gasteiger charge is 2.69. The summed E-state index contributed by atoms with van der Waals surface area (Å²) >= 11 is 0. The van der Waals surface area contributed by atoms with E-state index in [1.807, 2.05) is 0 Å². The maximum absolute atomic E-state index is 14.2. The summed E-state index contributed by atoms with van der Waals surface area (Å²) in [6, 6.07) is 0. The molecule has 0 aromatic carbocycles. The molecular formula is C30H48O2. The van der Waals surface area contributed by atoms with Crippen molar-refractivity contribution in [3.63, 3.8) is 0 Å². The first-order valence-electron chi connectivity index (χ1n) is 13.5. The number of ketones is 1. The molecule has 0 aliphatic heterocycles. The van der Waals surface area contributed by atoms with Crippen LogP contribution in [0.15, 0.2) is 11.6 Å². The van der Waals surface area contributed by atoms with Crippen LogP contribution in [0.5, 0.6) is 0 Å². The monoisotopic (exact) mass is 440 g/mol. The Kier molecular flexibility index (Phi) is 4.71. The minimum absolute atomic E-state index is 0.00948. The number of allylic oxidation sites excluding steroid dienone is 2. The van der Waals surface area contributed by atoms with E-state index in [1.165, 1.54) is 37.7 Å². The van der Waals surface area contributed by atoms with E-state index >= 15 is 0 Å². The van der Waals surface area contributed by atoms with Gasteiger partial charge in [-0.15, -0.1) is 0 Å². The van der Waals surface area contributed by atoms with Crippen molar-refractivity contribution in [1.82, 2.24) is 0 Å². The Labute approximate surface area is 197 Å². The van der Waals surface area contributed by atoms with Crippen LogP contribution in [0.1, 0.15) is 113 Å². The third-order valence-electron chi connectivity index (χ3n) is 12.8. The Balaban J connectivity index is 1.63. The van der Waals surface area contributed by atoms with Gasteiger partial charge in [0.15, 0.2) is 5.78 Å². The molecule has 0 aromatic rings. The third kappa shape index (κ3) is 2.71. The molecule has 0 unspecified atom stereocenters. The standard InChI is InChI=1S/C30H48O2/c1-25(2)13-14-27(5)15-16-29(7)19(20(27)18-25)17-21(31)24-28(6)11-10-23(32)26(3,4)22(28)9-12-30(24,29)8/h17,20,22-24,32H,9-16,18H2,1-8H3/t20-,22-,23-,24+,27+,28-,29+,30+/m0/s1. The van der Waals surface area contributed by atoms with Gasteiger partial charge in [-0.1, -0.05) is 61.0 Å². The number of carbonyl (C=O) groups is 1. The molecule has 0 aromatic heterocycles. The second kappa shape index (κ2) is 6.52. The van der Waals surface area contributed by atoms with Gasteiger partial charge in [0.25, 0.3) is 0 Å². The van der Waals surface area contributed by atoms with Crippen molar-refractivity contribution in [1.29, 1.82) is 0 Å². The van der Waals surface area contributed by atoms with Crippen molar-refractivity contribution >= 4 is 5.78 Å². The van der Waals surface area contributed by atoms with E-state index < -0.39 is 0 Å². The zero-order valence-corrected chi connectivity index (χ0v) is 22.1. The molecule has 32 heavy (non-hydrogen) atoms. The molecule has 4 fully saturated rings. The van der Waals surface area contributed by atoms with Crippen molar-refractivity contribution in [2.75, 3.05) is 0 Å². The molecule has 0 spiro atoms. The van der Waals surface area contributed by atoms with Crippen LogP contribution in [0.4, 0.5) is 0 Å². The molecule has 5 rings (SSSR count). The number of hydrogen-bond donors (Lipinski definition) is 1. The fourth-order valence-electron chi connectivity index (χ4n) is 10.3. The van der Waals surface area contributed by atoms with E-state index in [9.17, 15) is 9.90 Å². The zero-order chi connectivity index (χ0) is 23.5. The Bertz CT molecular complexity index is 866. The van der Waals surface area contributed by atoms with E-state index in [4.69, 9.17) is 0 Å². The van der Waals surface area contributed by atoms with E-state index in [0.717, 1.165) is 25.7 Å². The van der Waals surface area contributed by atoms with E-state index in [1.54, 1.807) is 0 Å². The summed E-state index contributed by atoms with van der Waals surface area (Å²) in [4.78, 5) is 14.2.